The molecule has 5 N–H and O–H groups in total. The van der Waals surface area contributed by atoms with Crippen LogP contribution in [0.1, 0.15) is 27.1 Å². The van der Waals surface area contributed by atoms with Gasteiger partial charge in [-0.25, -0.2) is 0 Å². The maximum Gasteiger partial charge on any atom is 0.241 e. The number of alkyl halides is 1. The molecule has 0 radical (unpaired) electrons. The third-order valence-corrected chi connectivity index (χ3v) is 7.70. The number of hydrogen-bond acceptors (Lipinski definition) is 7. The van der Waals surface area contributed by atoms with Crippen LogP contribution in [0.3, 0.4) is 0 Å². The molecule has 0 bridgehead atoms. The van der Waals surface area contributed by atoms with Gasteiger partial charge in [-0.15, -0.1) is 11.3 Å². The van der Waals surface area contributed by atoms with E-state index in [2.05, 4.69) is 73.0 Å². The molecule has 1 atom stereocenters. The second-order valence-electron chi connectivity index (χ2n) is 9.83. The predicted molar refractivity (Wildman–Crippen MR) is 171 cm³/mol. The summed E-state index contributed by atoms with van der Waals surface area (Å²) in [6.07, 6.45) is 1.29. The van der Waals surface area contributed by atoms with E-state index in [1.54, 1.807) is 11.3 Å². The average Bonchev–Trinajstić information content (AvgIpc) is 3.43. The van der Waals surface area contributed by atoms with Gasteiger partial charge in [0, 0.05) is 18.0 Å². The van der Waals surface area contributed by atoms with Crippen LogP contribution in [0.15, 0.2) is 66.0 Å². The number of carbonyl (C=O) groups excluding carboxylic acids is 4. The molecular formula is C31H38BrN5O5S. The van der Waals surface area contributed by atoms with Crippen molar-refractivity contribution in [3.8, 4) is 0 Å². The standard InChI is InChI=1S/C31H38BrN5O5S/c1-22-13-26(20-43-22)14-24-7-9-25(10-8-24)19-42-21-37-30(40)18-36-31(41)27(15-23-5-3-2-4-6-23)33-11-12-34-29(39)17-35-28(38)16-32/h2-10,13,20,27,33H,11-12,14-19,21H2,1H3,(H,34,39)(H,35,38)(H,36,41)(H,37,40)/t27-/m0/s1. The van der Waals surface area contributed by atoms with E-state index in [4.69, 9.17) is 4.74 Å². The van der Waals surface area contributed by atoms with Crippen molar-refractivity contribution >= 4 is 50.9 Å². The highest BCUT2D eigenvalue weighted by Crippen LogP contribution is 2.17. The number of nitrogens with one attached hydrogen (secondary N) is 5. The van der Waals surface area contributed by atoms with Crippen LogP contribution < -0.4 is 26.6 Å². The Balaban J connectivity index is 1.36. The first-order valence-corrected chi connectivity index (χ1v) is 15.9. The van der Waals surface area contributed by atoms with Gasteiger partial charge >= 0.3 is 0 Å². The third kappa shape index (κ3) is 13.5. The summed E-state index contributed by atoms with van der Waals surface area (Å²) in [4.78, 5) is 49.7. The van der Waals surface area contributed by atoms with Gasteiger partial charge in [-0.1, -0.05) is 70.5 Å². The lowest BCUT2D eigenvalue weighted by Gasteiger charge is -2.19. The molecule has 0 spiro atoms. The number of thiophene rings is 1. The summed E-state index contributed by atoms with van der Waals surface area (Å²) in [5, 5.41) is 15.9. The molecule has 1 heterocycles. The first kappa shape index (κ1) is 33.9. The Morgan fingerprint density at radius 2 is 1.49 bits per heavy atom. The molecule has 0 saturated carbocycles. The lowest BCUT2D eigenvalue weighted by atomic mass is 10.1. The summed E-state index contributed by atoms with van der Waals surface area (Å²) in [6.45, 7) is 2.73. The van der Waals surface area contributed by atoms with Crippen LogP contribution in [0.2, 0.25) is 0 Å². The number of rotatable bonds is 18. The fourth-order valence-electron chi connectivity index (χ4n) is 4.08. The molecule has 12 heteroatoms. The van der Waals surface area contributed by atoms with Crippen LogP contribution in [0.5, 0.6) is 0 Å². The smallest absolute Gasteiger partial charge is 0.241 e. The van der Waals surface area contributed by atoms with Gasteiger partial charge in [-0.05, 0) is 53.5 Å². The van der Waals surface area contributed by atoms with E-state index in [0.29, 0.717) is 19.6 Å². The third-order valence-electron chi connectivity index (χ3n) is 6.28. The van der Waals surface area contributed by atoms with Gasteiger partial charge in [0.1, 0.15) is 6.73 Å². The SMILES string of the molecule is Cc1cc(Cc2ccc(COCNC(=O)CNC(=O)[C@H](Cc3ccccc3)NCCNC(=O)CNC(=O)CBr)cc2)cs1. The number of hydrogen-bond donors (Lipinski definition) is 5. The molecule has 0 aliphatic rings. The Labute approximate surface area is 264 Å². The average molecular weight is 673 g/mol. The quantitative estimate of drug-likeness (QED) is 0.0799. The second-order valence-corrected chi connectivity index (χ2v) is 11.5. The predicted octanol–water partition coefficient (Wildman–Crippen LogP) is 2.18. The largest absolute Gasteiger partial charge is 0.357 e. The van der Waals surface area contributed by atoms with E-state index >= 15 is 0 Å². The van der Waals surface area contributed by atoms with Gasteiger partial charge in [-0.3, -0.25) is 19.2 Å². The summed E-state index contributed by atoms with van der Waals surface area (Å²) >= 11 is 4.77. The van der Waals surface area contributed by atoms with Crippen LogP contribution in [0.4, 0.5) is 0 Å². The maximum absolute atomic E-state index is 12.9. The first-order chi connectivity index (χ1) is 20.8. The number of aryl methyl sites for hydroxylation is 1. The number of benzene rings is 2. The van der Waals surface area contributed by atoms with Crippen molar-refractivity contribution in [3.05, 3.63) is 93.2 Å². The van der Waals surface area contributed by atoms with Gasteiger partial charge in [0.05, 0.1) is 31.1 Å². The summed E-state index contributed by atoms with van der Waals surface area (Å²) < 4.78 is 5.59. The van der Waals surface area contributed by atoms with Gasteiger partial charge in [-0.2, -0.15) is 0 Å². The zero-order valence-electron chi connectivity index (χ0n) is 24.1. The second kappa shape index (κ2) is 18.9. The molecule has 0 fully saturated rings. The summed E-state index contributed by atoms with van der Waals surface area (Å²) in [5.74, 6) is -1.33. The van der Waals surface area contributed by atoms with Crippen LogP contribution in [0, 0.1) is 6.92 Å². The Morgan fingerprint density at radius 1 is 0.791 bits per heavy atom. The van der Waals surface area contributed by atoms with Gasteiger partial charge in [0.15, 0.2) is 0 Å². The van der Waals surface area contributed by atoms with E-state index in [0.717, 1.165) is 17.5 Å². The molecule has 43 heavy (non-hydrogen) atoms. The number of carbonyl (C=O) groups is 4. The monoisotopic (exact) mass is 671 g/mol. The van der Waals surface area contributed by atoms with Crippen molar-refractivity contribution in [2.45, 2.75) is 32.4 Å². The Bertz CT molecular complexity index is 1320. The molecule has 3 rings (SSSR count). The lowest BCUT2D eigenvalue weighted by molar-refractivity contribution is -0.128. The van der Waals surface area contributed by atoms with Gasteiger partial charge in [0.25, 0.3) is 0 Å². The molecule has 3 aromatic rings. The summed E-state index contributed by atoms with van der Waals surface area (Å²) in [7, 11) is 0. The highest BCUT2D eigenvalue weighted by atomic mass is 79.9. The van der Waals surface area contributed by atoms with Crippen LogP contribution in [-0.2, 0) is 43.4 Å². The molecule has 0 unspecified atom stereocenters. The number of ether oxygens (including phenoxy) is 1. The Morgan fingerprint density at radius 3 is 2.19 bits per heavy atom. The lowest BCUT2D eigenvalue weighted by Crippen LogP contribution is -2.50. The summed E-state index contributed by atoms with van der Waals surface area (Å²) in [5.41, 5.74) is 4.49. The number of halogens is 1. The molecule has 0 saturated heterocycles. The van der Waals surface area contributed by atoms with Gasteiger partial charge in [0.2, 0.25) is 23.6 Å². The summed E-state index contributed by atoms with van der Waals surface area (Å²) in [6, 6.07) is 19.3. The zero-order chi connectivity index (χ0) is 30.9. The van der Waals surface area contributed by atoms with Crippen molar-refractivity contribution < 1.29 is 23.9 Å². The van der Waals surface area contributed by atoms with Crippen molar-refractivity contribution in [2.75, 3.05) is 38.2 Å². The van der Waals surface area contributed by atoms with E-state index in [9.17, 15) is 19.2 Å². The van der Waals surface area contributed by atoms with E-state index in [-0.39, 0.29) is 55.3 Å². The van der Waals surface area contributed by atoms with Crippen molar-refractivity contribution in [1.82, 2.24) is 26.6 Å². The molecule has 0 aliphatic carbocycles. The van der Waals surface area contributed by atoms with Crippen LogP contribution in [0.25, 0.3) is 0 Å². The fourth-order valence-corrected chi connectivity index (χ4v) is 4.98. The maximum atomic E-state index is 12.9. The topological polar surface area (TPSA) is 138 Å². The zero-order valence-corrected chi connectivity index (χ0v) is 26.5. The normalized spacial score (nSPS) is 11.4. The Kier molecular flexibility index (Phi) is 14.9. The Hall–Kier alpha value is -3.58. The van der Waals surface area contributed by atoms with Crippen LogP contribution >= 0.6 is 27.3 Å². The highest BCUT2D eigenvalue weighted by molar-refractivity contribution is 9.09. The molecule has 0 aliphatic heterocycles. The minimum Gasteiger partial charge on any atom is -0.357 e. The molecule has 1 aromatic heterocycles. The van der Waals surface area contributed by atoms with E-state index in [1.807, 2.05) is 42.5 Å². The van der Waals surface area contributed by atoms with Crippen molar-refractivity contribution in [3.63, 3.8) is 0 Å². The van der Waals surface area contributed by atoms with Crippen LogP contribution in [-0.4, -0.2) is 67.9 Å². The number of amides is 4. The molecule has 230 valence electrons. The van der Waals surface area contributed by atoms with E-state index in [1.165, 1.54) is 16.0 Å². The van der Waals surface area contributed by atoms with Gasteiger partial charge < -0.3 is 31.3 Å². The molecule has 4 amide bonds. The minimum atomic E-state index is -0.622. The molecule has 10 nitrogen and oxygen atoms in total. The molecule has 2 aromatic carbocycles. The van der Waals surface area contributed by atoms with E-state index < -0.39 is 6.04 Å². The first-order valence-electron chi connectivity index (χ1n) is 13.9. The highest BCUT2D eigenvalue weighted by Gasteiger charge is 2.19. The molecular weight excluding hydrogens is 634 g/mol. The van der Waals surface area contributed by atoms with Crippen molar-refractivity contribution in [1.29, 1.82) is 0 Å². The fraction of sp³-hybridized carbons (Fsp3) is 0.355. The minimum absolute atomic E-state index is 0.0200. The van der Waals surface area contributed by atoms with Crippen molar-refractivity contribution in [2.24, 2.45) is 0 Å².